The number of hydrogen-bond donors (Lipinski definition) is 2. The molecule has 0 aliphatic carbocycles. The Morgan fingerprint density at radius 1 is 1.42 bits per heavy atom. The molecule has 0 aliphatic heterocycles. The molecule has 0 unspecified atom stereocenters. The molecule has 6 nitrogen and oxygen atoms in total. The van der Waals surface area contributed by atoms with Crippen LogP contribution in [0.5, 0.6) is 5.75 Å². The largest absolute Gasteiger partial charge is 0.486 e. The fourth-order valence-electron chi connectivity index (χ4n) is 1.50. The first-order valence-electron chi connectivity index (χ1n) is 5.47. The van der Waals surface area contributed by atoms with Gasteiger partial charge in [-0.15, -0.1) is 0 Å². The lowest BCUT2D eigenvalue weighted by Crippen LogP contribution is -1.96. The van der Waals surface area contributed by atoms with Crippen molar-refractivity contribution in [3.63, 3.8) is 0 Å². The third kappa shape index (κ3) is 3.35. The van der Waals surface area contributed by atoms with Gasteiger partial charge in [0.25, 0.3) is 0 Å². The van der Waals surface area contributed by atoms with E-state index in [2.05, 4.69) is 5.10 Å². The number of nitrogens with zero attached hydrogens (tertiary/aromatic N) is 1. The lowest BCUT2D eigenvalue weighted by atomic mass is 10.2. The fourth-order valence-corrected chi connectivity index (χ4v) is 1.50. The number of carboxylic acids is 1. The predicted molar refractivity (Wildman–Crippen MR) is 68.2 cm³/mol. The van der Waals surface area contributed by atoms with Gasteiger partial charge in [-0.1, -0.05) is 12.1 Å². The van der Waals surface area contributed by atoms with Gasteiger partial charge in [-0.05, 0) is 29.8 Å². The number of carboxylic acid groups (broad SMARTS) is 1. The minimum atomic E-state index is -1.10. The second kappa shape index (κ2) is 5.72. The van der Waals surface area contributed by atoms with Crippen molar-refractivity contribution in [2.75, 3.05) is 0 Å². The Bertz CT molecular complexity index is 604. The van der Waals surface area contributed by atoms with Crippen LogP contribution in [0.3, 0.4) is 0 Å². The molecule has 2 aromatic rings. The van der Waals surface area contributed by atoms with Crippen molar-refractivity contribution in [2.45, 2.75) is 6.61 Å². The van der Waals surface area contributed by atoms with Crippen LogP contribution in [0.25, 0.3) is 0 Å². The Morgan fingerprint density at radius 3 is 2.95 bits per heavy atom. The van der Waals surface area contributed by atoms with Gasteiger partial charge in [0.05, 0.1) is 6.21 Å². The van der Waals surface area contributed by atoms with E-state index in [-0.39, 0.29) is 12.4 Å². The molecule has 1 aromatic heterocycles. The molecule has 6 heteroatoms. The van der Waals surface area contributed by atoms with Crippen LogP contribution in [0.15, 0.2) is 45.9 Å². The first-order chi connectivity index (χ1) is 9.19. The molecule has 0 radical (unpaired) electrons. The smallest absolute Gasteiger partial charge is 0.371 e. The molecule has 0 saturated carbocycles. The summed E-state index contributed by atoms with van der Waals surface area (Å²) in [6, 6.07) is 10.1. The van der Waals surface area contributed by atoms with Gasteiger partial charge < -0.3 is 20.1 Å². The fraction of sp³-hybridized carbons (Fsp3) is 0.0769. The standard InChI is InChI=1S/C13H12N2O4/c14-15-7-9-2-1-3-10(6-9)18-8-11-4-5-12(19-11)13(16)17/h1-7H,8,14H2,(H,16,17). The molecule has 0 amide bonds. The number of hydrazone groups is 1. The summed E-state index contributed by atoms with van der Waals surface area (Å²) in [5, 5.41) is 12.1. The van der Waals surface area contributed by atoms with E-state index >= 15 is 0 Å². The van der Waals surface area contributed by atoms with E-state index in [4.69, 9.17) is 20.1 Å². The van der Waals surface area contributed by atoms with Gasteiger partial charge in [0.2, 0.25) is 5.76 Å². The number of furan rings is 1. The average molecular weight is 260 g/mol. The van der Waals surface area contributed by atoms with Crippen molar-refractivity contribution in [2.24, 2.45) is 10.9 Å². The van der Waals surface area contributed by atoms with Crippen molar-refractivity contribution in [3.05, 3.63) is 53.5 Å². The Balaban J connectivity index is 2.01. The van der Waals surface area contributed by atoms with Crippen LogP contribution in [0.2, 0.25) is 0 Å². The van der Waals surface area contributed by atoms with Crippen LogP contribution in [0.4, 0.5) is 0 Å². The maximum absolute atomic E-state index is 10.6. The SMILES string of the molecule is NN=Cc1cccc(OCc2ccc(C(=O)O)o2)c1. The number of hydrogen-bond acceptors (Lipinski definition) is 5. The van der Waals surface area contributed by atoms with Crippen LogP contribution in [-0.2, 0) is 6.61 Å². The molecule has 0 aliphatic rings. The summed E-state index contributed by atoms with van der Waals surface area (Å²) in [5.41, 5.74) is 0.811. The van der Waals surface area contributed by atoms with Crippen LogP contribution in [0.1, 0.15) is 21.9 Å². The van der Waals surface area contributed by atoms with E-state index in [1.165, 1.54) is 12.3 Å². The molecule has 0 bridgehead atoms. The Labute approximate surface area is 109 Å². The van der Waals surface area contributed by atoms with Crippen molar-refractivity contribution in [3.8, 4) is 5.75 Å². The lowest BCUT2D eigenvalue weighted by Gasteiger charge is -2.04. The number of rotatable bonds is 5. The maximum atomic E-state index is 10.6. The quantitative estimate of drug-likeness (QED) is 0.485. The Morgan fingerprint density at radius 2 is 2.26 bits per heavy atom. The van der Waals surface area contributed by atoms with Gasteiger partial charge in [0.1, 0.15) is 18.1 Å². The summed E-state index contributed by atoms with van der Waals surface area (Å²) in [6.45, 7) is 0.149. The zero-order chi connectivity index (χ0) is 13.7. The molecule has 3 N–H and O–H groups in total. The second-order valence-corrected chi connectivity index (χ2v) is 3.71. The van der Waals surface area contributed by atoms with Gasteiger partial charge in [-0.2, -0.15) is 5.10 Å². The average Bonchev–Trinajstić information content (AvgIpc) is 2.86. The highest BCUT2D eigenvalue weighted by molar-refractivity contribution is 5.84. The molecule has 1 aromatic carbocycles. The number of nitrogens with two attached hydrogens (primary N) is 1. The predicted octanol–water partition coefficient (Wildman–Crippen LogP) is 1.85. The summed E-state index contributed by atoms with van der Waals surface area (Å²) in [6.07, 6.45) is 1.50. The monoisotopic (exact) mass is 260 g/mol. The zero-order valence-corrected chi connectivity index (χ0v) is 9.95. The molecule has 0 fully saturated rings. The third-order valence-electron chi connectivity index (χ3n) is 2.34. The summed E-state index contributed by atoms with van der Waals surface area (Å²) in [5.74, 6) is 4.91. The van der Waals surface area contributed by atoms with Crippen LogP contribution in [-0.4, -0.2) is 17.3 Å². The number of benzene rings is 1. The molecule has 19 heavy (non-hydrogen) atoms. The van der Waals surface area contributed by atoms with Gasteiger partial charge in [-0.25, -0.2) is 4.79 Å². The zero-order valence-electron chi connectivity index (χ0n) is 9.95. The summed E-state index contributed by atoms with van der Waals surface area (Å²) in [7, 11) is 0. The van der Waals surface area contributed by atoms with Crippen LogP contribution >= 0.6 is 0 Å². The summed E-state index contributed by atoms with van der Waals surface area (Å²) >= 11 is 0. The lowest BCUT2D eigenvalue weighted by molar-refractivity contribution is 0.0658. The van der Waals surface area contributed by atoms with E-state index in [0.29, 0.717) is 11.5 Å². The van der Waals surface area contributed by atoms with Crippen molar-refractivity contribution in [1.82, 2.24) is 0 Å². The molecule has 0 saturated heterocycles. The highest BCUT2D eigenvalue weighted by atomic mass is 16.5. The third-order valence-corrected chi connectivity index (χ3v) is 2.34. The van der Waals surface area contributed by atoms with E-state index in [0.717, 1.165) is 5.56 Å². The number of aromatic carboxylic acids is 1. The molecule has 1 heterocycles. The second-order valence-electron chi connectivity index (χ2n) is 3.71. The number of carbonyl (C=O) groups is 1. The van der Waals surface area contributed by atoms with Crippen LogP contribution in [0, 0.1) is 0 Å². The van der Waals surface area contributed by atoms with Gasteiger partial charge in [0.15, 0.2) is 0 Å². The highest BCUT2D eigenvalue weighted by Gasteiger charge is 2.09. The maximum Gasteiger partial charge on any atom is 0.371 e. The van der Waals surface area contributed by atoms with Gasteiger partial charge in [-0.3, -0.25) is 0 Å². The van der Waals surface area contributed by atoms with E-state index in [9.17, 15) is 4.79 Å². The van der Waals surface area contributed by atoms with Crippen molar-refractivity contribution in [1.29, 1.82) is 0 Å². The first kappa shape index (κ1) is 12.7. The van der Waals surface area contributed by atoms with Crippen molar-refractivity contribution < 1.29 is 19.1 Å². The van der Waals surface area contributed by atoms with E-state index < -0.39 is 5.97 Å². The van der Waals surface area contributed by atoms with Gasteiger partial charge >= 0.3 is 5.97 Å². The molecule has 98 valence electrons. The molecular formula is C13H12N2O4. The molecular weight excluding hydrogens is 248 g/mol. The minimum Gasteiger partial charge on any atom is -0.486 e. The topological polar surface area (TPSA) is 98.1 Å². The Hall–Kier alpha value is -2.76. The number of ether oxygens (including phenoxy) is 1. The molecule has 2 rings (SSSR count). The Kier molecular flexibility index (Phi) is 3.82. The van der Waals surface area contributed by atoms with E-state index in [1.807, 2.05) is 6.07 Å². The molecule has 0 atom stereocenters. The van der Waals surface area contributed by atoms with Crippen LogP contribution < -0.4 is 10.6 Å². The van der Waals surface area contributed by atoms with Gasteiger partial charge in [0, 0.05) is 0 Å². The minimum absolute atomic E-state index is 0.109. The van der Waals surface area contributed by atoms with E-state index in [1.54, 1.807) is 24.3 Å². The normalized spacial score (nSPS) is 10.7. The summed E-state index contributed by atoms with van der Waals surface area (Å²) < 4.78 is 10.6. The summed E-state index contributed by atoms with van der Waals surface area (Å²) in [4.78, 5) is 10.6. The molecule has 0 spiro atoms. The highest BCUT2D eigenvalue weighted by Crippen LogP contribution is 2.15. The van der Waals surface area contributed by atoms with Crippen molar-refractivity contribution >= 4 is 12.2 Å². The first-order valence-corrected chi connectivity index (χ1v) is 5.47.